The third-order valence-corrected chi connectivity index (χ3v) is 4.14. The van der Waals surface area contributed by atoms with Crippen LogP contribution in [0.5, 0.6) is 0 Å². The largest absolute Gasteiger partial charge is 0.469 e. The lowest BCUT2D eigenvalue weighted by Crippen LogP contribution is -2.58. The number of amides is 1. The number of carbonyl (C=O) groups is 2. The molecule has 1 amide bonds. The molecule has 2 atom stereocenters. The first-order valence-corrected chi connectivity index (χ1v) is 7.15. The quantitative estimate of drug-likeness (QED) is 0.513. The number of piperidine rings is 1. The highest BCUT2D eigenvalue weighted by atomic mass is 16.7. The Hall–Kier alpha value is -2.07. The van der Waals surface area contributed by atoms with E-state index in [1.807, 2.05) is 0 Å². The molecule has 1 saturated heterocycles. The van der Waals surface area contributed by atoms with Gasteiger partial charge in [0.2, 0.25) is 5.91 Å². The molecule has 1 unspecified atom stereocenters. The van der Waals surface area contributed by atoms with E-state index in [0.29, 0.717) is 6.42 Å². The Morgan fingerprint density at radius 2 is 2.00 bits per heavy atom. The van der Waals surface area contributed by atoms with E-state index in [4.69, 9.17) is 14.2 Å². The fourth-order valence-corrected chi connectivity index (χ4v) is 2.72. The molecule has 1 fully saturated rings. The lowest BCUT2D eigenvalue weighted by atomic mass is 9.92. The second-order valence-electron chi connectivity index (χ2n) is 5.43. The fraction of sp³-hybridized carbons (Fsp3) is 0.769. The molecule has 128 valence electrons. The minimum atomic E-state index is -1.05. The van der Waals surface area contributed by atoms with E-state index in [0.717, 1.165) is 0 Å². The van der Waals surface area contributed by atoms with Crippen molar-refractivity contribution in [2.75, 3.05) is 34.4 Å². The molecule has 0 spiro atoms. The van der Waals surface area contributed by atoms with Gasteiger partial charge in [0, 0.05) is 27.2 Å². The van der Waals surface area contributed by atoms with E-state index in [9.17, 15) is 9.59 Å². The first-order valence-electron chi connectivity index (χ1n) is 7.15. The minimum Gasteiger partial charge on any atom is -0.469 e. The molecule has 1 aliphatic rings. The molecular formula is C13H21N5O5. The van der Waals surface area contributed by atoms with Crippen LogP contribution in [0.3, 0.4) is 0 Å². The van der Waals surface area contributed by atoms with Crippen LogP contribution in [0.2, 0.25) is 0 Å². The molecule has 0 bridgehead atoms. The van der Waals surface area contributed by atoms with Crippen LogP contribution >= 0.6 is 0 Å². The summed E-state index contributed by atoms with van der Waals surface area (Å²) in [7, 11) is 4.28. The Balaban J connectivity index is 2.22. The molecule has 0 aliphatic carbocycles. The van der Waals surface area contributed by atoms with Gasteiger partial charge in [-0.2, -0.15) is 0 Å². The smallest absolute Gasteiger partial charge is 0.310 e. The second kappa shape index (κ2) is 7.01. The Morgan fingerprint density at radius 3 is 2.52 bits per heavy atom. The number of esters is 1. The Bertz CT molecular complexity index is 545. The van der Waals surface area contributed by atoms with Crippen molar-refractivity contribution in [3.05, 3.63) is 6.33 Å². The van der Waals surface area contributed by atoms with Crippen molar-refractivity contribution >= 4 is 11.9 Å². The third kappa shape index (κ3) is 3.48. The van der Waals surface area contributed by atoms with Gasteiger partial charge in [-0.05, 0) is 17.4 Å². The summed E-state index contributed by atoms with van der Waals surface area (Å²) in [5, 5.41) is 10.8. The van der Waals surface area contributed by atoms with E-state index in [1.165, 1.54) is 37.2 Å². The van der Waals surface area contributed by atoms with Crippen molar-refractivity contribution in [2.24, 2.45) is 5.92 Å². The van der Waals surface area contributed by atoms with Crippen LogP contribution in [0, 0.1) is 5.92 Å². The summed E-state index contributed by atoms with van der Waals surface area (Å²) in [5.74, 6) is -2.22. The number of likely N-dealkylation sites (tertiary alicyclic amines) is 1. The van der Waals surface area contributed by atoms with Crippen LogP contribution in [-0.4, -0.2) is 77.2 Å². The van der Waals surface area contributed by atoms with Gasteiger partial charge < -0.3 is 19.1 Å². The maximum atomic E-state index is 12.7. The molecule has 1 aromatic heterocycles. The van der Waals surface area contributed by atoms with Crippen molar-refractivity contribution in [3.63, 3.8) is 0 Å². The molecule has 1 aromatic rings. The van der Waals surface area contributed by atoms with Gasteiger partial charge in [0.15, 0.2) is 5.79 Å². The summed E-state index contributed by atoms with van der Waals surface area (Å²) in [6, 6.07) is -0.604. The van der Waals surface area contributed by atoms with E-state index in [2.05, 4.69) is 15.5 Å². The van der Waals surface area contributed by atoms with Crippen LogP contribution in [0.25, 0.3) is 0 Å². The minimum absolute atomic E-state index is 0.207. The lowest BCUT2D eigenvalue weighted by Gasteiger charge is -2.43. The van der Waals surface area contributed by atoms with Crippen molar-refractivity contribution in [1.29, 1.82) is 0 Å². The SMILES string of the molecule is COC(=O)C1CN(C(=O)[C@H](C)n2cnnn2)CC(OC)(OC)C1. The molecule has 2 heterocycles. The highest BCUT2D eigenvalue weighted by molar-refractivity contribution is 5.81. The Kier molecular flexibility index (Phi) is 5.26. The molecule has 0 aromatic carbocycles. The van der Waals surface area contributed by atoms with E-state index in [1.54, 1.807) is 6.92 Å². The van der Waals surface area contributed by atoms with Crippen LogP contribution in [0.1, 0.15) is 19.4 Å². The number of aromatic nitrogens is 4. The summed E-state index contributed by atoms with van der Waals surface area (Å²) in [4.78, 5) is 26.2. The number of rotatable bonds is 5. The predicted octanol–water partition coefficient (Wildman–Crippen LogP) is -0.755. The average molecular weight is 327 g/mol. The maximum absolute atomic E-state index is 12.7. The van der Waals surface area contributed by atoms with Gasteiger partial charge in [0.05, 0.1) is 19.6 Å². The van der Waals surface area contributed by atoms with Gasteiger partial charge in [-0.3, -0.25) is 9.59 Å². The summed E-state index contributed by atoms with van der Waals surface area (Å²) in [5.41, 5.74) is 0. The molecule has 0 radical (unpaired) electrons. The zero-order valence-electron chi connectivity index (χ0n) is 13.6. The monoisotopic (exact) mass is 327 g/mol. The second-order valence-corrected chi connectivity index (χ2v) is 5.43. The summed E-state index contributed by atoms with van der Waals surface area (Å²) in [6.07, 6.45) is 1.68. The van der Waals surface area contributed by atoms with Gasteiger partial charge in [-0.1, -0.05) is 0 Å². The van der Waals surface area contributed by atoms with E-state index in [-0.39, 0.29) is 19.0 Å². The standard InChI is InChI=1S/C13H21N5O5/c1-9(18-8-14-15-16-18)11(19)17-6-10(12(20)21-2)5-13(7-17,22-3)23-4/h8-10H,5-7H2,1-4H3/t9-,10?/m0/s1. The topological polar surface area (TPSA) is 109 Å². The summed E-state index contributed by atoms with van der Waals surface area (Å²) < 4.78 is 17.0. The fourth-order valence-electron chi connectivity index (χ4n) is 2.72. The zero-order valence-corrected chi connectivity index (χ0v) is 13.6. The Labute approximate surface area is 133 Å². The molecule has 2 rings (SSSR count). The highest BCUT2D eigenvalue weighted by Gasteiger charge is 2.45. The molecule has 1 aliphatic heterocycles. The predicted molar refractivity (Wildman–Crippen MR) is 76.0 cm³/mol. The van der Waals surface area contributed by atoms with Crippen molar-refractivity contribution in [3.8, 4) is 0 Å². The van der Waals surface area contributed by atoms with Crippen molar-refractivity contribution < 1.29 is 23.8 Å². The molecule has 10 heteroatoms. The molecule has 0 N–H and O–H groups in total. The number of hydrogen-bond acceptors (Lipinski definition) is 8. The number of ether oxygens (including phenoxy) is 3. The lowest BCUT2D eigenvalue weighted by molar-refractivity contribution is -0.242. The van der Waals surface area contributed by atoms with E-state index >= 15 is 0 Å². The van der Waals surface area contributed by atoms with Gasteiger partial charge >= 0.3 is 5.97 Å². The number of carbonyl (C=O) groups excluding carboxylic acids is 2. The molecule has 0 saturated carbocycles. The van der Waals surface area contributed by atoms with Crippen LogP contribution < -0.4 is 0 Å². The number of nitrogens with zero attached hydrogens (tertiary/aromatic N) is 5. The van der Waals surface area contributed by atoms with Gasteiger partial charge in [0.1, 0.15) is 12.4 Å². The van der Waals surface area contributed by atoms with Gasteiger partial charge in [-0.25, -0.2) is 4.68 Å². The van der Waals surface area contributed by atoms with Gasteiger partial charge in [0.25, 0.3) is 0 Å². The highest BCUT2D eigenvalue weighted by Crippen LogP contribution is 2.31. The maximum Gasteiger partial charge on any atom is 0.310 e. The van der Waals surface area contributed by atoms with E-state index < -0.39 is 23.7 Å². The normalized spacial score (nSPS) is 21.7. The van der Waals surface area contributed by atoms with Crippen LogP contribution in [0.15, 0.2) is 6.33 Å². The van der Waals surface area contributed by atoms with Crippen molar-refractivity contribution in [1.82, 2.24) is 25.1 Å². The molecular weight excluding hydrogens is 306 g/mol. The number of hydrogen-bond donors (Lipinski definition) is 0. The summed E-state index contributed by atoms with van der Waals surface area (Å²) >= 11 is 0. The van der Waals surface area contributed by atoms with Crippen molar-refractivity contribution in [2.45, 2.75) is 25.2 Å². The molecule has 23 heavy (non-hydrogen) atoms. The number of tetrazole rings is 1. The summed E-state index contributed by atoms with van der Waals surface area (Å²) in [6.45, 7) is 2.12. The zero-order chi connectivity index (χ0) is 17.0. The molecule has 10 nitrogen and oxygen atoms in total. The number of methoxy groups -OCH3 is 3. The van der Waals surface area contributed by atoms with Gasteiger partial charge in [-0.15, -0.1) is 5.10 Å². The third-order valence-electron chi connectivity index (χ3n) is 4.14. The van der Waals surface area contributed by atoms with Crippen LogP contribution in [0.4, 0.5) is 0 Å². The Morgan fingerprint density at radius 1 is 1.30 bits per heavy atom. The average Bonchev–Trinajstić information content (AvgIpc) is 3.13. The first-order chi connectivity index (χ1) is 11.0. The van der Waals surface area contributed by atoms with Crippen LogP contribution in [-0.2, 0) is 23.8 Å². The first kappa shape index (κ1) is 17.3.